The molecule has 0 amide bonds. The van der Waals surface area contributed by atoms with Gasteiger partial charge in [0.2, 0.25) is 0 Å². The molecule has 3 heteroatoms. The van der Waals surface area contributed by atoms with Crippen LogP contribution in [0.5, 0.6) is 5.75 Å². The molecule has 0 spiro atoms. The Hall–Kier alpha value is -1.87. The van der Waals surface area contributed by atoms with E-state index in [2.05, 4.69) is 28.5 Å². The molecule has 1 heterocycles. The van der Waals surface area contributed by atoms with E-state index in [0.29, 0.717) is 6.61 Å². The number of hydrogen-bond acceptors (Lipinski definition) is 3. The van der Waals surface area contributed by atoms with Gasteiger partial charge in [-0.3, -0.25) is 4.98 Å². The monoisotopic (exact) mass is 268 g/mol. The lowest BCUT2D eigenvalue weighted by molar-refractivity contribution is 0.317. The number of rotatable bonds is 7. The van der Waals surface area contributed by atoms with Crippen molar-refractivity contribution in [3.8, 4) is 5.75 Å². The molecule has 0 saturated heterocycles. The number of benzene rings is 1. The number of ether oxygens (including phenoxy) is 1. The van der Waals surface area contributed by atoms with Crippen LogP contribution < -0.4 is 10.1 Å². The summed E-state index contributed by atoms with van der Waals surface area (Å²) in [6, 6.07) is 13.1. The van der Waals surface area contributed by atoms with Crippen molar-refractivity contribution in [1.29, 1.82) is 0 Å². The Kier molecular flexibility index (Phi) is 4.28. The van der Waals surface area contributed by atoms with Gasteiger partial charge in [-0.15, -0.1) is 0 Å². The minimum Gasteiger partial charge on any atom is -0.493 e. The highest BCUT2D eigenvalue weighted by atomic mass is 16.5. The smallest absolute Gasteiger partial charge is 0.123 e. The van der Waals surface area contributed by atoms with E-state index in [1.165, 1.54) is 24.0 Å². The van der Waals surface area contributed by atoms with Gasteiger partial charge in [0.15, 0.2) is 0 Å². The summed E-state index contributed by atoms with van der Waals surface area (Å²) < 4.78 is 5.93. The van der Waals surface area contributed by atoms with Gasteiger partial charge in [-0.25, -0.2) is 0 Å². The third-order valence-corrected chi connectivity index (χ3v) is 3.53. The minimum atomic E-state index is 0.699. The molecule has 1 N–H and O–H groups in total. The largest absolute Gasteiger partial charge is 0.493 e. The van der Waals surface area contributed by atoms with Gasteiger partial charge in [0.05, 0.1) is 6.61 Å². The van der Waals surface area contributed by atoms with Crippen LogP contribution in [-0.4, -0.2) is 17.6 Å². The lowest BCUT2D eigenvalue weighted by Crippen LogP contribution is -2.16. The molecule has 1 aromatic carbocycles. The van der Waals surface area contributed by atoms with Gasteiger partial charge in [-0.2, -0.15) is 0 Å². The summed E-state index contributed by atoms with van der Waals surface area (Å²) in [5.74, 6) is 0.995. The highest BCUT2D eigenvalue weighted by Crippen LogP contribution is 2.22. The summed E-state index contributed by atoms with van der Waals surface area (Å²) in [5.41, 5.74) is 2.50. The van der Waals surface area contributed by atoms with E-state index in [9.17, 15) is 0 Å². The van der Waals surface area contributed by atoms with Gasteiger partial charge in [-0.1, -0.05) is 18.2 Å². The Bertz CT molecular complexity index is 538. The van der Waals surface area contributed by atoms with Crippen LogP contribution in [0.2, 0.25) is 0 Å². The predicted octanol–water partition coefficient (Wildman–Crippen LogP) is 2.96. The second-order valence-corrected chi connectivity index (χ2v) is 5.22. The van der Waals surface area contributed by atoms with E-state index in [0.717, 1.165) is 24.8 Å². The molecular weight excluding hydrogens is 248 g/mol. The van der Waals surface area contributed by atoms with E-state index in [-0.39, 0.29) is 0 Å². The summed E-state index contributed by atoms with van der Waals surface area (Å²) in [6.45, 7) is 1.60. The molecule has 1 saturated carbocycles. The maximum atomic E-state index is 5.93. The maximum Gasteiger partial charge on any atom is 0.123 e. The van der Waals surface area contributed by atoms with E-state index >= 15 is 0 Å². The molecule has 1 fully saturated rings. The van der Waals surface area contributed by atoms with Crippen molar-refractivity contribution in [3.05, 3.63) is 59.9 Å². The molecule has 20 heavy (non-hydrogen) atoms. The van der Waals surface area contributed by atoms with Crippen LogP contribution in [-0.2, 0) is 13.0 Å². The molecule has 1 aliphatic rings. The zero-order chi connectivity index (χ0) is 13.6. The Balaban J connectivity index is 1.53. The van der Waals surface area contributed by atoms with Crippen molar-refractivity contribution in [3.63, 3.8) is 0 Å². The molecule has 0 bridgehead atoms. The quantitative estimate of drug-likeness (QED) is 0.838. The topological polar surface area (TPSA) is 34.1 Å². The number of para-hydroxylation sites is 1. The van der Waals surface area contributed by atoms with Crippen molar-refractivity contribution in [2.75, 3.05) is 6.61 Å². The SMILES string of the molecule is c1ccc(OCCc2ccncc2)c(CNC2CC2)c1. The van der Waals surface area contributed by atoms with Crippen LogP contribution in [0.3, 0.4) is 0 Å². The van der Waals surface area contributed by atoms with Crippen molar-refractivity contribution >= 4 is 0 Å². The van der Waals surface area contributed by atoms with Gasteiger partial charge in [0.25, 0.3) is 0 Å². The normalized spacial score (nSPS) is 14.2. The van der Waals surface area contributed by atoms with Crippen LogP contribution in [0, 0.1) is 0 Å². The molecule has 0 aliphatic heterocycles. The number of aromatic nitrogens is 1. The molecule has 0 atom stereocenters. The third-order valence-electron chi connectivity index (χ3n) is 3.53. The molecule has 104 valence electrons. The third kappa shape index (κ3) is 3.81. The molecule has 3 nitrogen and oxygen atoms in total. The first-order chi connectivity index (χ1) is 9.92. The number of nitrogens with zero attached hydrogens (tertiary/aromatic N) is 1. The summed E-state index contributed by atoms with van der Waals surface area (Å²) in [6.07, 6.45) is 7.18. The highest BCUT2D eigenvalue weighted by Gasteiger charge is 2.20. The molecular formula is C17H20N2O. The van der Waals surface area contributed by atoms with Gasteiger partial charge in [0, 0.05) is 37.0 Å². The van der Waals surface area contributed by atoms with Gasteiger partial charge in [-0.05, 0) is 36.6 Å². The fourth-order valence-electron chi connectivity index (χ4n) is 2.16. The second-order valence-electron chi connectivity index (χ2n) is 5.22. The zero-order valence-electron chi connectivity index (χ0n) is 11.6. The van der Waals surface area contributed by atoms with Crippen LogP contribution in [0.25, 0.3) is 0 Å². The first-order valence-corrected chi connectivity index (χ1v) is 7.25. The van der Waals surface area contributed by atoms with Crippen LogP contribution in [0.15, 0.2) is 48.8 Å². The Morgan fingerprint density at radius 2 is 1.90 bits per heavy atom. The fraction of sp³-hybridized carbons (Fsp3) is 0.353. The van der Waals surface area contributed by atoms with Crippen LogP contribution >= 0.6 is 0 Å². The van der Waals surface area contributed by atoms with Crippen molar-refractivity contribution in [2.45, 2.75) is 31.8 Å². The van der Waals surface area contributed by atoms with Gasteiger partial charge in [0.1, 0.15) is 5.75 Å². The minimum absolute atomic E-state index is 0.699. The average molecular weight is 268 g/mol. The van der Waals surface area contributed by atoms with Crippen LogP contribution in [0.1, 0.15) is 24.0 Å². The second kappa shape index (κ2) is 6.53. The maximum absolute atomic E-state index is 5.93. The Labute approximate surface area is 120 Å². The summed E-state index contributed by atoms with van der Waals surface area (Å²) >= 11 is 0. The first kappa shape index (κ1) is 13.1. The molecule has 0 unspecified atom stereocenters. The molecule has 0 radical (unpaired) electrons. The van der Waals surface area contributed by atoms with Gasteiger partial charge < -0.3 is 10.1 Å². The Morgan fingerprint density at radius 1 is 1.10 bits per heavy atom. The first-order valence-electron chi connectivity index (χ1n) is 7.25. The number of pyridine rings is 1. The standard InChI is InChI=1S/C17H20N2O/c1-2-4-17(15(3-1)13-19-16-5-6-16)20-12-9-14-7-10-18-11-8-14/h1-4,7-8,10-11,16,19H,5-6,9,12-13H2. The summed E-state index contributed by atoms with van der Waals surface area (Å²) in [4.78, 5) is 4.02. The molecule has 1 aromatic heterocycles. The predicted molar refractivity (Wildman–Crippen MR) is 79.7 cm³/mol. The molecule has 1 aliphatic carbocycles. The van der Waals surface area contributed by atoms with E-state index in [1.54, 1.807) is 0 Å². The lowest BCUT2D eigenvalue weighted by Gasteiger charge is -2.12. The van der Waals surface area contributed by atoms with E-state index in [1.807, 2.05) is 30.6 Å². The molecule has 3 rings (SSSR count). The molecule has 2 aromatic rings. The lowest BCUT2D eigenvalue weighted by atomic mass is 10.2. The van der Waals surface area contributed by atoms with Crippen molar-refractivity contribution in [2.24, 2.45) is 0 Å². The van der Waals surface area contributed by atoms with Crippen molar-refractivity contribution < 1.29 is 4.74 Å². The number of hydrogen-bond donors (Lipinski definition) is 1. The summed E-state index contributed by atoms with van der Waals surface area (Å²) in [7, 11) is 0. The fourth-order valence-corrected chi connectivity index (χ4v) is 2.16. The highest BCUT2D eigenvalue weighted by molar-refractivity contribution is 5.33. The Morgan fingerprint density at radius 3 is 2.70 bits per heavy atom. The van der Waals surface area contributed by atoms with Gasteiger partial charge >= 0.3 is 0 Å². The average Bonchev–Trinajstić information content (AvgIpc) is 3.32. The van der Waals surface area contributed by atoms with Crippen LogP contribution in [0.4, 0.5) is 0 Å². The number of nitrogens with one attached hydrogen (secondary N) is 1. The van der Waals surface area contributed by atoms with E-state index in [4.69, 9.17) is 4.74 Å². The van der Waals surface area contributed by atoms with E-state index < -0.39 is 0 Å². The zero-order valence-corrected chi connectivity index (χ0v) is 11.6. The summed E-state index contributed by atoms with van der Waals surface area (Å²) in [5, 5.41) is 3.53. The van der Waals surface area contributed by atoms with Crippen molar-refractivity contribution in [1.82, 2.24) is 10.3 Å².